The van der Waals surface area contributed by atoms with Crippen LogP contribution in [0.15, 0.2) is 6.07 Å². The van der Waals surface area contributed by atoms with Crippen molar-refractivity contribution in [2.75, 3.05) is 57.8 Å². The van der Waals surface area contributed by atoms with Crippen molar-refractivity contribution in [3.05, 3.63) is 17.6 Å². The number of rotatable bonds is 2. The van der Waals surface area contributed by atoms with Gasteiger partial charge in [-0.05, 0) is 14.0 Å². The van der Waals surface area contributed by atoms with Gasteiger partial charge < -0.3 is 19.4 Å². The van der Waals surface area contributed by atoms with Crippen molar-refractivity contribution in [1.29, 1.82) is 0 Å². The molecular formula is C16H25N5O2. The van der Waals surface area contributed by atoms with Crippen LogP contribution in [-0.4, -0.2) is 78.6 Å². The summed E-state index contributed by atoms with van der Waals surface area (Å²) in [4.78, 5) is 27.0. The molecule has 0 unspecified atom stereocenters. The fourth-order valence-electron chi connectivity index (χ4n) is 3.11. The summed E-state index contributed by atoms with van der Waals surface area (Å²) in [6, 6.07) is 2.04. The van der Waals surface area contributed by atoms with Crippen LogP contribution in [0.5, 0.6) is 0 Å². The van der Waals surface area contributed by atoms with Crippen molar-refractivity contribution in [2.45, 2.75) is 20.0 Å². The molecule has 1 aromatic heterocycles. The van der Waals surface area contributed by atoms with Gasteiger partial charge in [0.2, 0.25) is 5.91 Å². The summed E-state index contributed by atoms with van der Waals surface area (Å²) < 4.78 is 5.88. The molecule has 0 spiro atoms. The Morgan fingerprint density at radius 2 is 1.96 bits per heavy atom. The summed E-state index contributed by atoms with van der Waals surface area (Å²) in [5.41, 5.74) is 0.952. The first-order valence-electron chi connectivity index (χ1n) is 8.19. The van der Waals surface area contributed by atoms with Crippen molar-refractivity contribution < 1.29 is 9.53 Å². The van der Waals surface area contributed by atoms with E-state index in [4.69, 9.17) is 4.74 Å². The Morgan fingerprint density at radius 3 is 2.61 bits per heavy atom. The number of carbonyl (C=O) groups is 1. The van der Waals surface area contributed by atoms with Gasteiger partial charge in [0.1, 0.15) is 17.7 Å². The van der Waals surface area contributed by atoms with Crippen LogP contribution in [-0.2, 0) is 9.53 Å². The number of anilines is 1. The van der Waals surface area contributed by atoms with Gasteiger partial charge in [0, 0.05) is 52.3 Å². The van der Waals surface area contributed by atoms with Crippen LogP contribution in [0, 0.1) is 6.92 Å². The van der Waals surface area contributed by atoms with E-state index in [2.05, 4.69) is 26.8 Å². The molecule has 1 aromatic rings. The minimum Gasteiger partial charge on any atom is -0.369 e. The Morgan fingerprint density at radius 1 is 1.22 bits per heavy atom. The first-order valence-corrected chi connectivity index (χ1v) is 8.19. The van der Waals surface area contributed by atoms with Gasteiger partial charge in [0.05, 0.1) is 12.3 Å². The highest BCUT2D eigenvalue weighted by atomic mass is 16.5. The molecule has 2 fully saturated rings. The van der Waals surface area contributed by atoms with E-state index in [0.717, 1.165) is 63.2 Å². The van der Waals surface area contributed by atoms with Crippen LogP contribution >= 0.6 is 0 Å². The van der Waals surface area contributed by atoms with Crippen LogP contribution in [0.2, 0.25) is 0 Å². The average Bonchev–Trinajstić information content (AvgIpc) is 2.54. The zero-order valence-corrected chi connectivity index (χ0v) is 14.2. The molecule has 0 radical (unpaired) electrons. The summed E-state index contributed by atoms with van der Waals surface area (Å²) in [6.45, 7) is 9.20. The number of amides is 1. The lowest BCUT2D eigenvalue weighted by Gasteiger charge is -2.35. The van der Waals surface area contributed by atoms with E-state index in [1.807, 2.05) is 17.9 Å². The smallest absolute Gasteiger partial charge is 0.219 e. The highest BCUT2D eigenvalue weighted by molar-refractivity contribution is 5.73. The molecule has 0 aliphatic carbocycles. The first kappa shape index (κ1) is 16.1. The standard InChI is InChI=1S/C16H25N5O2/c1-12-17-14(15-11-19(3)8-9-23-15)10-16(18-12)21-6-4-20(5-7-21)13(2)22/h10,15H,4-9,11H2,1-3H3/t15-/m1/s1. The molecule has 3 heterocycles. The maximum Gasteiger partial charge on any atom is 0.219 e. The number of aryl methyl sites for hydroxylation is 1. The number of hydrogen-bond acceptors (Lipinski definition) is 6. The zero-order chi connectivity index (χ0) is 16.4. The fourth-order valence-corrected chi connectivity index (χ4v) is 3.11. The second-order valence-corrected chi connectivity index (χ2v) is 6.31. The molecule has 1 amide bonds. The van der Waals surface area contributed by atoms with Gasteiger partial charge in [0.25, 0.3) is 0 Å². The minimum absolute atomic E-state index is 0.00714. The Balaban J connectivity index is 1.74. The molecule has 2 aliphatic rings. The second-order valence-electron chi connectivity index (χ2n) is 6.31. The van der Waals surface area contributed by atoms with Gasteiger partial charge in [-0.25, -0.2) is 9.97 Å². The molecule has 2 aliphatic heterocycles. The summed E-state index contributed by atoms with van der Waals surface area (Å²) in [6.07, 6.45) is 0.00714. The van der Waals surface area contributed by atoms with E-state index in [1.54, 1.807) is 6.92 Å². The number of nitrogens with zero attached hydrogens (tertiary/aromatic N) is 5. The Bertz CT molecular complexity index is 572. The third-order valence-corrected chi connectivity index (χ3v) is 4.49. The predicted molar refractivity (Wildman–Crippen MR) is 87.4 cm³/mol. The molecular weight excluding hydrogens is 294 g/mol. The molecule has 0 N–H and O–H groups in total. The fraction of sp³-hybridized carbons (Fsp3) is 0.688. The van der Waals surface area contributed by atoms with Crippen molar-refractivity contribution >= 4 is 11.7 Å². The van der Waals surface area contributed by atoms with Crippen LogP contribution in [0.3, 0.4) is 0 Å². The van der Waals surface area contributed by atoms with Gasteiger partial charge >= 0.3 is 0 Å². The van der Waals surface area contributed by atoms with Gasteiger partial charge in [-0.3, -0.25) is 4.79 Å². The quantitative estimate of drug-likeness (QED) is 0.789. The predicted octanol–water partition coefficient (Wildman–Crippen LogP) is 0.457. The maximum atomic E-state index is 11.4. The number of aromatic nitrogens is 2. The van der Waals surface area contributed by atoms with E-state index >= 15 is 0 Å². The third kappa shape index (κ3) is 3.79. The average molecular weight is 319 g/mol. The monoisotopic (exact) mass is 319 g/mol. The first-order chi connectivity index (χ1) is 11.0. The summed E-state index contributed by atoms with van der Waals surface area (Å²) in [5.74, 6) is 1.85. The van der Waals surface area contributed by atoms with Crippen LogP contribution in [0.25, 0.3) is 0 Å². The number of piperazine rings is 1. The maximum absolute atomic E-state index is 11.4. The second kappa shape index (κ2) is 6.80. The van der Waals surface area contributed by atoms with E-state index in [0.29, 0.717) is 0 Å². The lowest BCUT2D eigenvalue weighted by atomic mass is 10.2. The van der Waals surface area contributed by atoms with Gasteiger partial charge in [-0.1, -0.05) is 0 Å². The molecule has 2 saturated heterocycles. The number of carbonyl (C=O) groups excluding carboxylic acids is 1. The lowest BCUT2D eigenvalue weighted by Crippen LogP contribution is -2.48. The summed E-state index contributed by atoms with van der Waals surface area (Å²) >= 11 is 0. The number of ether oxygens (including phenoxy) is 1. The van der Waals surface area contributed by atoms with E-state index < -0.39 is 0 Å². The van der Waals surface area contributed by atoms with Crippen LogP contribution in [0.1, 0.15) is 24.5 Å². The lowest BCUT2D eigenvalue weighted by molar-refractivity contribution is -0.129. The van der Waals surface area contributed by atoms with E-state index in [1.165, 1.54) is 0 Å². The largest absolute Gasteiger partial charge is 0.369 e. The highest BCUT2D eigenvalue weighted by Gasteiger charge is 2.24. The molecule has 7 nitrogen and oxygen atoms in total. The number of morpholine rings is 1. The van der Waals surface area contributed by atoms with Gasteiger partial charge in [0.15, 0.2) is 0 Å². The molecule has 3 rings (SSSR count). The number of likely N-dealkylation sites (N-methyl/N-ethyl adjacent to an activating group) is 1. The highest BCUT2D eigenvalue weighted by Crippen LogP contribution is 2.24. The zero-order valence-electron chi connectivity index (χ0n) is 14.2. The topological polar surface area (TPSA) is 61.8 Å². The molecule has 1 atom stereocenters. The van der Waals surface area contributed by atoms with Crippen molar-refractivity contribution in [2.24, 2.45) is 0 Å². The molecule has 0 saturated carbocycles. The van der Waals surface area contributed by atoms with Crippen molar-refractivity contribution in [3.63, 3.8) is 0 Å². The molecule has 0 bridgehead atoms. The number of hydrogen-bond donors (Lipinski definition) is 0. The Kier molecular flexibility index (Phi) is 4.77. The summed E-state index contributed by atoms with van der Waals surface area (Å²) in [7, 11) is 2.10. The van der Waals surface area contributed by atoms with Crippen molar-refractivity contribution in [1.82, 2.24) is 19.8 Å². The van der Waals surface area contributed by atoms with Crippen LogP contribution < -0.4 is 4.90 Å². The summed E-state index contributed by atoms with van der Waals surface area (Å²) in [5, 5.41) is 0. The molecule has 7 heteroatoms. The van der Waals surface area contributed by atoms with Crippen LogP contribution in [0.4, 0.5) is 5.82 Å². The van der Waals surface area contributed by atoms with E-state index in [9.17, 15) is 4.79 Å². The van der Waals surface area contributed by atoms with Gasteiger partial charge in [-0.15, -0.1) is 0 Å². The SMILES string of the molecule is CC(=O)N1CCN(c2cc([C@H]3CN(C)CCO3)nc(C)n2)CC1. The normalized spacial score (nSPS) is 23.2. The van der Waals surface area contributed by atoms with Gasteiger partial charge in [-0.2, -0.15) is 0 Å². The minimum atomic E-state index is 0.00714. The Hall–Kier alpha value is -1.73. The van der Waals surface area contributed by atoms with Crippen molar-refractivity contribution in [3.8, 4) is 0 Å². The molecule has 126 valence electrons. The Labute approximate surface area is 137 Å². The molecule has 0 aromatic carbocycles. The van der Waals surface area contributed by atoms with E-state index in [-0.39, 0.29) is 12.0 Å². The third-order valence-electron chi connectivity index (χ3n) is 4.49. The molecule has 23 heavy (non-hydrogen) atoms.